The van der Waals surface area contributed by atoms with Gasteiger partial charge in [0.2, 0.25) is 0 Å². The van der Waals surface area contributed by atoms with Gasteiger partial charge in [0.05, 0.1) is 26.5 Å². The Labute approximate surface area is 153 Å². The molecule has 0 unspecified atom stereocenters. The molecule has 1 aliphatic carbocycles. The summed E-state index contributed by atoms with van der Waals surface area (Å²) in [7, 11) is 3.23. The van der Waals surface area contributed by atoms with Gasteiger partial charge >= 0.3 is 0 Å². The molecule has 0 atom stereocenters. The Balaban J connectivity index is 1.57. The molecule has 1 amide bonds. The topological polar surface area (TPSA) is 51.1 Å². The summed E-state index contributed by atoms with van der Waals surface area (Å²) in [5, 5.41) is 6.14. The number of rotatable bonds is 4. The number of methoxy groups -OCH3 is 2. The van der Waals surface area contributed by atoms with Crippen LogP contribution in [-0.2, 0) is 12.8 Å². The lowest BCUT2D eigenvalue weighted by Gasteiger charge is -2.12. The number of benzene rings is 2. The molecule has 0 N–H and O–H groups in total. The highest BCUT2D eigenvalue weighted by Crippen LogP contribution is 2.29. The zero-order valence-corrected chi connectivity index (χ0v) is 15.1. The molecule has 1 aliphatic heterocycles. The number of hydrazone groups is 1. The second kappa shape index (κ2) is 6.83. The first-order valence-electron chi connectivity index (χ1n) is 8.93. The van der Waals surface area contributed by atoms with Crippen molar-refractivity contribution in [3.05, 3.63) is 58.7 Å². The fourth-order valence-electron chi connectivity index (χ4n) is 3.68. The lowest BCUT2D eigenvalue weighted by molar-refractivity contribution is 0.0778. The predicted octanol–water partition coefficient (Wildman–Crippen LogP) is 3.44. The molecule has 5 heteroatoms. The van der Waals surface area contributed by atoms with E-state index < -0.39 is 0 Å². The Morgan fingerprint density at radius 3 is 2.58 bits per heavy atom. The number of amides is 1. The molecule has 1 heterocycles. The van der Waals surface area contributed by atoms with Crippen molar-refractivity contribution in [2.24, 2.45) is 5.10 Å². The zero-order valence-electron chi connectivity index (χ0n) is 15.1. The number of hydrogen-bond donors (Lipinski definition) is 0. The Hall–Kier alpha value is -2.82. The highest BCUT2D eigenvalue weighted by molar-refractivity contribution is 6.04. The monoisotopic (exact) mass is 350 g/mol. The molecule has 0 saturated heterocycles. The molecule has 0 spiro atoms. The van der Waals surface area contributed by atoms with E-state index in [9.17, 15) is 4.79 Å². The van der Waals surface area contributed by atoms with Gasteiger partial charge in [-0.2, -0.15) is 5.10 Å². The van der Waals surface area contributed by atoms with Crippen LogP contribution in [0.2, 0.25) is 0 Å². The summed E-state index contributed by atoms with van der Waals surface area (Å²) in [6.45, 7) is 0.597. The van der Waals surface area contributed by atoms with E-state index in [0.717, 1.165) is 36.1 Å². The Kier molecular flexibility index (Phi) is 4.37. The summed E-state index contributed by atoms with van der Waals surface area (Å²) in [5.41, 5.74) is 5.24. The van der Waals surface area contributed by atoms with Crippen LogP contribution in [0.5, 0.6) is 11.5 Å². The van der Waals surface area contributed by atoms with Gasteiger partial charge in [-0.15, -0.1) is 0 Å². The van der Waals surface area contributed by atoms with Crippen molar-refractivity contribution >= 4 is 11.6 Å². The van der Waals surface area contributed by atoms with Crippen molar-refractivity contribution in [3.63, 3.8) is 0 Å². The van der Waals surface area contributed by atoms with Crippen LogP contribution >= 0.6 is 0 Å². The largest absolute Gasteiger partial charge is 0.493 e. The quantitative estimate of drug-likeness (QED) is 0.849. The van der Waals surface area contributed by atoms with E-state index in [0.29, 0.717) is 18.0 Å². The molecule has 0 fully saturated rings. The molecule has 0 aromatic heterocycles. The Morgan fingerprint density at radius 1 is 0.962 bits per heavy atom. The van der Waals surface area contributed by atoms with Gasteiger partial charge in [-0.25, -0.2) is 5.01 Å². The molecular formula is C21H22N2O3. The van der Waals surface area contributed by atoms with Gasteiger partial charge in [0.25, 0.3) is 5.91 Å². The molecule has 5 nitrogen and oxygen atoms in total. The Bertz CT molecular complexity index is 889. The van der Waals surface area contributed by atoms with E-state index in [1.165, 1.54) is 17.5 Å². The van der Waals surface area contributed by atoms with Crippen LogP contribution in [0.15, 0.2) is 41.5 Å². The lowest BCUT2D eigenvalue weighted by atomic mass is 10.1. The van der Waals surface area contributed by atoms with Crippen LogP contribution in [0.4, 0.5) is 0 Å². The maximum Gasteiger partial charge on any atom is 0.273 e. The first-order chi connectivity index (χ1) is 12.7. The molecule has 26 heavy (non-hydrogen) atoms. The number of aryl methyl sites for hydroxylation is 2. The number of hydrogen-bond acceptors (Lipinski definition) is 4. The maximum atomic E-state index is 12.8. The molecule has 2 aromatic carbocycles. The molecule has 4 rings (SSSR count). The van der Waals surface area contributed by atoms with Crippen molar-refractivity contribution in [2.45, 2.75) is 25.7 Å². The summed E-state index contributed by atoms with van der Waals surface area (Å²) in [6.07, 6.45) is 4.09. The third kappa shape index (κ3) is 2.94. The first kappa shape index (κ1) is 16.6. The van der Waals surface area contributed by atoms with Crippen LogP contribution < -0.4 is 9.47 Å². The van der Waals surface area contributed by atoms with Crippen molar-refractivity contribution in [1.82, 2.24) is 5.01 Å². The minimum atomic E-state index is -0.0322. The van der Waals surface area contributed by atoms with Crippen molar-refractivity contribution in [1.29, 1.82) is 0 Å². The van der Waals surface area contributed by atoms with E-state index in [1.807, 2.05) is 30.3 Å². The second-order valence-corrected chi connectivity index (χ2v) is 6.63. The van der Waals surface area contributed by atoms with Gasteiger partial charge in [-0.1, -0.05) is 6.07 Å². The highest BCUT2D eigenvalue weighted by atomic mass is 16.5. The lowest BCUT2D eigenvalue weighted by Crippen LogP contribution is -2.23. The van der Waals surface area contributed by atoms with Crippen LogP contribution in [-0.4, -0.2) is 37.4 Å². The summed E-state index contributed by atoms with van der Waals surface area (Å²) < 4.78 is 10.6. The zero-order chi connectivity index (χ0) is 18.1. The van der Waals surface area contributed by atoms with E-state index in [1.54, 1.807) is 19.2 Å². The molecule has 0 radical (unpaired) electrons. The van der Waals surface area contributed by atoms with Crippen molar-refractivity contribution < 1.29 is 14.3 Å². The maximum absolute atomic E-state index is 12.8. The van der Waals surface area contributed by atoms with Gasteiger partial charge in [0.1, 0.15) is 0 Å². The predicted molar refractivity (Wildman–Crippen MR) is 100 cm³/mol. The highest BCUT2D eigenvalue weighted by Gasteiger charge is 2.24. The van der Waals surface area contributed by atoms with E-state index in [2.05, 4.69) is 11.2 Å². The van der Waals surface area contributed by atoms with E-state index in [-0.39, 0.29) is 5.91 Å². The average molecular weight is 350 g/mol. The standard InChI is InChI=1S/C21H22N2O3/c1-25-19-9-8-16(13-20(19)26-2)18-10-11-23(22-18)21(24)17-7-6-14-4-3-5-15(14)12-17/h6-9,12-13H,3-5,10-11H2,1-2H3. The molecule has 0 saturated carbocycles. The third-order valence-electron chi connectivity index (χ3n) is 5.10. The number of nitrogens with zero attached hydrogens (tertiary/aromatic N) is 2. The molecule has 2 aromatic rings. The average Bonchev–Trinajstić information content (AvgIpc) is 3.35. The fraction of sp³-hybridized carbons (Fsp3) is 0.333. The van der Waals surface area contributed by atoms with Gasteiger partial charge in [-0.3, -0.25) is 4.79 Å². The minimum Gasteiger partial charge on any atom is -0.493 e. The summed E-state index contributed by atoms with van der Waals surface area (Å²) in [5.74, 6) is 1.31. The first-order valence-corrected chi connectivity index (χ1v) is 8.93. The summed E-state index contributed by atoms with van der Waals surface area (Å²) >= 11 is 0. The van der Waals surface area contributed by atoms with Crippen LogP contribution in [0.25, 0.3) is 0 Å². The number of ether oxygens (including phenoxy) is 2. The molecular weight excluding hydrogens is 328 g/mol. The van der Waals surface area contributed by atoms with Gasteiger partial charge < -0.3 is 9.47 Å². The second-order valence-electron chi connectivity index (χ2n) is 6.63. The fourth-order valence-corrected chi connectivity index (χ4v) is 3.68. The number of carbonyl (C=O) groups excluding carboxylic acids is 1. The molecule has 0 bridgehead atoms. The van der Waals surface area contributed by atoms with Gasteiger partial charge in [0.15, 0.2) is 11.5 Å². The van der Waals surface area contributed by atoms with Crippen LogP contribution in [0.1, 0.15) is 39.9 Å². The third-order valence-corrected chi connectivity index (χ3v) is 5.10. The van der Waals surface area contributed by atoms with Crippen LogP contribution in [0, 0.1) is 0 Å². The van der Waals surface area contributed by atoms with Crippen molar-refractivity contribution in [3.8, 4) is 11.5 Å². The summed E-state index contributed by atoms with van der Waals surface area (Å²) in [4.78, 5) is 12.8. The molecule has 2 aliphatic rings. The van der Waals surface area contributed by atoms with Crippen LogP contribution in [0.3, 0.4) is 0 Å². The van der Waals surface area contributed by atoms with Crippen molar-refractivity contribution in [2.75, 3.05) is 20.8 Å². The summed E-state index contributed by atoms with van der Waals surface area (Å²) in [6, 6.07) is 11.8. The Morgan fingerprint density at radius 2 is 1.77 bits per heavy atom. The van der Waals surface area contributed by atoms with E-state index in [4.69, 9.17) is 9.47 Å². The number of fused-ring (bicyclic) bond motifs is 1. The number of carbonyl (C=O) groups is 1. The van der Waals surface area contributed by atoms with E-state index >= 15 is 0 Å². The minimum absolute atomic E-state index is 0.0322. The SMILES string of the molecule is COc1ccc(C2=NN(C(=O)c3ccc4c(c3)CCC4)CC2)cc1OC. The van der Waals surface area contributed by atoms with Gasteiger partial charge in [0, 0.05) is 17.5 Å². The smallest absolute Gasteiger partial charge is 0.273 e. The molecule has 134 valence electrons. The van der Waals surface area contributed by atoms with Gasteiger partial charge in [-0.05, 0) is 60.7 Å². The normalized spacial score (nSPS) is 15.6.